The highest BCUT2D eigenvalue weighted by Crippen LogP contribution is 2.28. The molecule has 2 N–H and O–H groups in total. The minimum Gasteiger partial charge on any atom is -0.497 e. The van der Waals surface area contributed by atoms with Gasteiger partial charge in [-0.1, -0.05) is 13.3 Å². The van der Waals surface area contributed by atoms with Gasteiger partial charge in [0.05, 0.1) is 19.9 Å². The molecule has 0 radical (unpaired) electrons. The average Bonchev–Trinajstić information content (AvgIpc) is 2.47. The molecule has 0 heterocycles. The maximum absolute atomic E-state index is 11.9. The summed E-state index contributed by atoms with van der Waals surface area (Å²) < 4.78 is 10.4. The molecule has 0 saturated heterocycles. The molecule has 0 spiro atoms. The van der Waals surface area contributed by atoms with Gasteiger partial charge in [0.15, 0.2) is 0 Å². The van der Waals surface area contributed by atoms with Crippen molar-refractivity contribution in [3.05, 3.63) is 18.2 Å². The number of benzene rings is 1. The number of hydrogen-bond donors (Lipinski definition) is 2. The van der Waals surface area contributed by atoms with Gasteiger partial charge in [-0.3, -0.25) is 4.79 Å². The van der Waals surface area contributed by atoms with Crippen molar-refractivity contribution < 1.29 is 14.3 Å². The number of ether oxygens (including phenoxy) is 2. The maximum Gasteiger partial charge on any atom is 0.225 e. The topological polar surface area (TPSA) is 59.6 Å². The Morgan fingerprint density at radius 1 is 1.20 bits per heavy atom. The largest absolute Gasteiger partial charge is 0.497 e. The summed E-state index contributed by atoms with van der Waals surface area (Å²) in [5.41, 5.74) is 0.630. The summed E-state index contributed by atoms with van der Waals surface area (Å²) in [6.45, 7) is 3.77. The van der Waals surface area contributed by atoms with Gasteiger partial charge in [-0.25, -0.2) is 0 Å². The first-order valence-corrected chi connectivity index (χ1v) is 6.93. The second-order valence-corrected chi connectivity index (χ2v) is 4.47. The van der Waals surface area contributed by atoms with Crippen LogP contribution >= 0.6 is 0 Å². The molecular weight excluding hydrogens is 256 g/mol. The predicted molar refractivity (Wildman–Crippen MR) is 80.6 cm³/mol. The van der Waals surface area contributed by atoms with Crippen LogP contribution in [0.15, 0.2) is 18.2 Å². The van der Waals surface area contributed by atoms with Crippen molar-refractivity contribution in [2.75, 3.05) is 32.6 Å². The fourth-order valence-corrected chi connectivity index (χ4v) is 1.75. The molecule has 5 nitrogen and oxygen atoms in total. The number of nitrogens with one attached hydrogen (secondary N) is 2. The Labute approximate surface area is 120 Å². The lowest BCUT2D eigenvalue weighted by atomic mass is 10.2. The summed E-state index contributed by atoms with van der Waals surface area (Å²) in [4.78, 5) is 11.9. The van der Waals surface area contributed by atoms with Crippen molar-refractivity contribution in [3.63, 3.8) is 0 Å². The average molecular weight is 280 g/mol. The van der Waals surface area contributed by atoms with Gasteiger partial charge in [0.2, 0.25) is 5.91 Å². The van der Waals surface area contributed by atoms with Gasteiger partial charge in [0.1, 0.15) is 11.5 Å². The molecule has 0 fully saturated rings. The minimum absolute atomic E-state index is 0.0412. The predicted octanol–water partition coefficient (Wildman–Crippen LogP) is 2.42. The van der Waals surface area contributed by atoms with E-state index in [1.165, 1.54) is 0 Å². The quantitative estimate of drug-likeness (QED) is 0.682. The molecule has 0 aromatic heterocycles. The van der Waals surface area contributed by atoms with Crippen LogP contribution in [-0.4, -0.2) is 33.2 Å². The van der Waals surface area contributed by atoms with E-state index in [4.69, 9.17) is 9.47 Å². The van der Waals surface area contributed by atoms with Crippen LogP contribution in [0.5, 0.6) is 11.5 Å². The number of carbonyl (C=O) groups is 1. The molecule has 1 rings (SSSR count). The van der Waals surface area contributed by atoms with Gasteiger partial charge in [-0.2, -0.15) is 0 Å². The normalized spacial score (nSPS) is 10.2. The molecule has 0 aliphatic rings. The molecule has 1 aromatic carbocycles. The molecule has 1 aromatic rings. The lowest BCUT2D eigenvalue weighted by Gasteiger charge is -2.12. The van der Waals surface area contributed by atoms with E-state index >= 15 is 0 Å². The highest BCUT2D eigenvalue weighted by Gasteiger charge is 2.08. The SMILES string of the molecule is CCCCNCCC(=O)Nc1cc(OC)ccc1OC. The molecule has 0 aliphatic heterocycles. The van der Waals surface area contributed by atoms with Crippen LogP contribution in [0.3, 0.4) is 0 Å². The van der Waals surface area contributed by atoms with E-state index in [1.807, 2.05) is 0 Å². The van der Waals surface area contributed by atoms with Gasteiger partial charge < -0.3 is 20.1 Å². The summed E-state index contributed by atoms with van der Waals surface area (Å²) in [7, 11) is 3.16. The van der Waals surface area contributed by atoms with Crippen LogP contribution in [0.2, 0.25) is 0 Å². The van der Waals surface area contributed by atoms with Gasteiger partial charge >= 0.3 is 0 Å². The number of rotatable bonds is 9. The second kappa shape index (κ2) is 9.20. The first-order valence-electron chi connectivity index (χ1n) is 6.93. The lowest BCUT2D eigenvalue weighted by molar-refractivity contribution is -0.116. The molecule has 5 heteroatoms. The minimum atomic E-state index is -0.0412. The summed E-state index contributed by atoms with van der Waals surface area (Å²) >= 11 is 0. The standard InChI is InChI=1S/C15H24N2O3/c1-4-5-9-16-10-8-15(18)17-13-11-12(19-2)6-7-14(13)20-3/h6-7,11,16H,4-5,8-10H2,1-3H3,(H,17,18). The van der Waals surface area contributed by atoms with Crippen LogP contribution in [-0.2, 0) is 4.79 Å². The smallest absolute Gasteiger partial charge is 0.225 e. The third kappa shape index (κ3) is 5.48. The van der Waals surface area contributed by atoms with Crippen molar-refractivity contribution in [3.8, 4) is 11.5 Å². The summed E-state index contributed by atoms with van der Waals surface area (Å²) in [5.74, 6) is 1.26. The second-order valence-electron chi connectivity index (χ2n) is 4.47. The molecule has 0 atom stereocenters. The molecular formula is C15H24N2O3. The third-order valence-electron chi connectivity index (χ3n) is 2.92. The van der Waals surface area contributed by atoms with E-state index in [0.29, 0.717) is 30.2 Å². The molecule has 1 amide bonds. The monoisotopic (exact) mass is 280 g/mol. The first kappa shape index (κ1) is 16.3. The third-order valence-corrected chi connectivity index (χ3v) is 2.92. The maximum atomic E-state index is 11.9. The van der Waals surface area contributed by atoms with Gasteiger partial charge in [0.25, 0.3) is 0 Å². The Morgan fingerprint density at radius 3 is 2.65 bits per heavy atom. The lowest BCUT2D eigenvalue weighted by Crippen LogP contribution is -2.22. The van der Waals surface area contributed by atoms with E-state index in [-0.39, 0.29) is 5.91 Å². The summed E-state index contributed by atoms with van der Waals surface area (Å²) in [6.07, 6.45) is 2.72. The van der Waals surface area contributed by atoms with Crippen molar-refractivity contribution in [1.29, 1.82) is 0 Å². The van der Waals surface area contributed by atoms with Crippen molar-refractivity contribution >= 4 is 11.6 Å². The zero-order valence-electron chi connectivity index (χ0n) is 12.5. The van der Waals surface area contributed by atoms with E-state index < -0.39 is 0 Å². The first-order chi connectivity index (χ1) is 9.71. The summed E-state index contributed by atoms with van der Waals surface area (Å²) in [5, 5.41) is 6.08. The molecule has 112 valence electrons. The van der Waals surface area contributed by atoms with Crippen molar-refractivity contribution in [2.45, 2.75) is 26.2 Å². The van der Waals surface area contributed by atoms with Gasteiger partial charge in [-0.05, 0) is 25.1 Å². The van der Waals surface area contributed by atoms with E-state index in [1.54, 1.807) is 32.4 Å². The highest BCUT2D eigenvalue weighted by molar-refractivity contribution is 5.92. The number of hydrogen-bond acceptors (Lipinski definition) is 4. The number of anilines is 1. The van der Waals surface area contributed by atoms with Gasteiger partial charge in [-0.15, -0.1) is 0 Å². The Hall–Kier alpha value is -1.75. The zero-order chi connectivity index (χ0) is 14.8. The molecule has 0 aliphatic carbocycles. The number of carbonyl (C=O) groups excluding carboxylic acids is 1. The molecule has 20 heavy (non-hydrogen) atoms. The Morgan fingerprint density at radius 2 is 2.00 bits per heavy atom. The number of amides is 1. The van der Waals surface area contributed by atoms with Crippen molar-refractivity contribution in [2.24, 2.45) is 0 Å². The van der Waals surface area contributed by atoms with Crippen LogP contribution in [0.4, 0.5) is 5.69 Å². The van der Waals surface area contributed by atoms with E-state index in [2.05, 4.69) is 17.6 Å². The van der Waals surface area contributed by atoms with Crippen LogP contribution < -0.4 is 20.1 Å². The van der Waals surface area contributed by atoms with E-state index in [0.717, 1.165) is 19.4 Å². The highest BCUT2D eigenvalue weighted by atomic mass is 16.5. The fraction of sp³-hybridized carbons (Fsp3) is 0.533. The Bertz CT molecular complexity index is 422. The molecule has 0 unspecified atom stereocenters. The fourth-order valence-electron chi connectivity index (χ4n) is 1.75. The summed E-state index contributed by atoms with van der Waals surface area (Å²) in [6, 6.07) is 5.32. The Kier molecular flexibility index (Phi) is 7.50. The van der Waals surface area contributed by atoms with Crippen molar-refractivity contribution in [1.82, 2.24) is 5.32 Å². The number of methoxy groups -OCH3 is 2. The van der Waals surface area contributed by atoms with Gasteiger partial charge in [0, 0.05) is 19.0 Å². The molecule has 0 saturated carbocycles. The van der Waals surface area contributed by atoms with Crippen LogP contribution in [0.1, 0.15) is 26.2 Å². The number of unbranched alkanes of at least 4 members (excludes halogenated alkanes) is 1. The van der Waals surface area contributed by atoms with Crippen LogP contribution in [0.25, 0.3) is 0 Å². The zero-order valence-corrected chi connectivity index (χ0v) is 12.5. The van der Waals surface area contributed by atoms with Crippen LogP contribution in [0, 0.1) is 0 Å². The van der Waals surface area contributed by atoms with E-state index in [9.17, 15) is 4.79 Å². The molecule has 0 bridgehead atoms. The Balaban J connectivity index is 2.48.